The predicted molar refractivity (Wildman–Crippen MR) is 87.0 cm³/mol. The van der Waals surface area contributed by atoms with Crippen molar-refractivity contribution in [2.24, 2.45) is 0 Å². The number of halogens is 2. The van der Waals surface area contributed by atoms with Gasteiger partial charge in [-0.2, -0.15) is 0 Å². The molecule has 0 aromatic heterocycles. The summed E-state index contributed by atoms with van der Waals surface area (Å²) in [5.41, 5.74) is 2.64. The lowest BCUT2D eigenvalue weighted by Gasteiger charge is -2.32. The van der Waals surface area contributed by atoms with Gasteiger partial charge in [0.1, 0.15) is 0 Å². The largest absolute Gasteiger partial charge is 0.126 e. The Balaban J connectivity index is 2.38. The summed E-state index contributed by atoms with van der Waals surface area (Å²) in [5, 5.41) is 0. The van der Waals surface area contributed by atoms with Gasteiger partial charge in [0.25, 0.3) is 0 Å². The number of alkyl halides is 1. The van der Waals surface area contributed by atoms with Crippen LogP contribution >= 0.6 is 27.5 Å². The first-order chi connectivity index (χ1) is 9.22. The fourth-order valence-electron chi connectivity index (χ4n) is 2.45. The van der Waals surface area contributed by atoms with Gasteiger partial charge in [-0.1, -0.05) is 71.4 Å². The maximum Gasteiger partial charge on any atom is 0.0323 e. The fourth-order valence-corrected chi connectivity index (χ4v) is 3.31. The van der Waals surface area contributed by atoms with Crippen molar-refractivity contribution >= 4 is 27.5 Å². The van der Waals surface area contributed by atoms with Crippen LogP contribution in [0.15, 0.2) is 59.1 Å². The van der Waals surface area contributed by atoms with Crippen LogP contribution in [0.3, 0.4) is 0 Å². The van der Waals surface area contributed by atoms with Gasteiger partial charge in [-0.15, -0.1) is 11.6 Å². The molecule has 2 rings (SSSR count). The van der Waals surface area contributed by atoms with E-state index in [9.17, 15) is 0 Å². The highest BCUT2D eigenvalue weighted by molar-refractivity contribution is 9.10. The van der Waals surface area contributed by atoms with Gasteiger partial charge in [-0.25, -0.2) is 0 Å². The monoisotopic (exact) mass is 336 g/mol. The lowest BCUT2D eigenvalue weighted by molar-refractivity contribution is 0.457. The van der Waals surface area contributed by atoms with Crippen LogP contribution in [0, 0.1) is 0 Å². The maximum atomic E-state index is 6.35. The average molecular weight is 338 g/mol. The third-order valence-electron chi connectivity index (χ3n) is 3.81. The molecular formula is C17H18BrCl. The van der Waals surface area contributed by atoms with Gasteiger partial charge in [0.2, 0.25) is 0 Å². The van der Waals surface area contributed by atoms with Gasteiger partial charge >= 0.3 is 0 Å². The molecular weight excluding hydrogens is 320 g/mol. The van der Waals surface area contributed by atoms with Crippen molar-refractivity contribution in [3.8, 4) is 0 Å². The van der Waals surface area contributed by atoms with E-state index < -0.39 is 0 Å². The van der Waals surface area contributed by atoms with Crippen LogP contribution in [0.1, 0.15) is 24.5 Å². The summed E-state index contributed by atoms with van der Waals surface area (Å²) in [5.74, 6) is 0.634. The van der Waals surface area contributed by atoms with Crippen molar-refractivity contribution in [3.05, 3.63) is 70.2 Å². The molecule has 0 aliphatic rings. The summed E-state index contributed by atoms with van der Waals surface area (Å²) in [6.07, 6.45) is 1.99. The Morgan fingerprint density at radius 3 is 2.21 bits per heavy atom. The maximum absolute atomic E-state index is 6.35. The molecule has 2 aromatic carbocycles. The first-order valence-corrected chi connectivity index (χ1v) is 7.89. The SMILES string of the molecule is CCC(CCl)(Cc1ccccc1Br)c1ccccc1. The van der Waals surface area contributed by atoms with Gasteiger partial charge in [0.05, 0.1) is 0 Å². The van der Waals surface area contributed by atoms with Crippen molar-refractivity contribution in [1.82, 2.24) is 0 Å². The summed E-state index contributed by atoms with van der Waals surface area (Å²) >= 11 is 9.98. The molecule has 0 heterocycles. The number of hydrogen-bond acceptors (Lipinski definition) is 0. The van der Waals surface area contributed by atoms with E-state index in [1.807, 2.05) is 6.07 Å². The van der Waals surface area contributed by atoms with Crippen LogP contribution in [-0.2, 0) is 11.8 Å². The minimum absolute atomic E-state index is 0.00664. The Labute approximate surface area is 128 Å². The molecule has 1 atom stereocenters. The molecule has 19 heavy (non-hydrogen) atoms. The van der Waals surface area contributed by atoms with E-state index in [2.05, 4.69) is 71.4 Å². The van der Waals surface area contributed by atoms with Crippen molar-refractivity contribution < 1.29 is 0 Å². The van der Waals surface area contributed by atoms with E-state index >= 15 is 0 Å². The highest BCUT2D eigenvalue weighted by Crippen LogP contribution is 2.35. The molecule has 0 saturated carbocycles. The Morgan fingerprint density at radius 1 is 1.00 bits per heavy atom. The zero-order valence-corrected chi connectivity index (χ0v) is 13.4. The van der Waals surface area contributed by atoms with E-state index in [0.717, 1.165) is 17.3 Å². The molecule has 0 aliphatic carbocycles. The molecule has 0 N–H and O–H groups in total. The van der Waals surface area contributed by atoms with Crippen molar-refractivity contribution in [2.75, 3.05) is 5.88 Å². The average Bonchev–Trinajstić information content (AvgIpc) is 2.48. The number of benzene rings is 2. The second-order valence-corrected chi connectivity index (χ2v) is 6.02. The van der Waals surface area contributed by atoms with Gasteiger partial charge in [-0.05, 0) is 30.0 Å². The Hall–Kier alpha value is -0.790. The zero-order valence-electron chi connectivity index (χ0n) is 11.1. The topological polar surface area (TPSA) is 0 Å². The Kier molecular flexibility index (Phi) is 5.06. The predicted octanol–water partition coefficient (Wildman–Crippen LogP) is 5.58. The van der Waals surface area contributed by atoms with E-state index in [1.165, 1.54) is 11.1 Å². The molecule has 0 saturated heterocycles. The molecule has 0 spiro atoms. The van der Waals surface area contributed by atoms with E-state index in [-0.39, 0.29) is 5.41 Å². The normalized spacial score (nSPS) is 14.1. The molecule has 0 fully saturated rings. The number of rotatable bonds is 5. The van der Waals surface area contributed by atoms with Crippen LogP contribution in [0.5, 0.6) is 0 Å². The minimum atomic E-state index is 0.00664. The lowest BCUT2D eigenvalue weighted by atomic mass is 9.75. The highest BCUT2D eigenvalue weighted by atomic mass is 79.9. The molecule has 0 bridgehead atoms. The summed E-state index contributed by atoms with van der Waals surface area (Å²) in [7, 11) is 0. The first kappa shape index (κ1) is 14.6. The van der Waals surface area contributed by atoms with Gasteiger partial charge in [-0.3, -0.25) is 0 Å². The third kappa shape index (κ3) is 3.21. The lowest BCUT2D eigenvalue weighted by Crippen LogP contribution is -2.30. The summed E-state index contributed by atoms with van der Waals surface area (Å²) in [6, 6.07) is 19.0. The second-order valence-electron chi connectivity index (χ2n) is 4.90. The van der Waals surface area contributed by atoms with Crippen LogP contribution in [0.2, 0.25) is 0 Å². The second kappa shape index (κ2) is 6.58. The third-order valence-corrected chi connectivity index (χ3v) is 5.09. The zero-order chi connectivity index (χ0) is 13.7. The molecule has 0 radical (unpaired) electrons. The molecule has 2 heteroatoms. The van der Waals surface area contributed by atoms with Gasteiger partial charge in [0, 0.05) is 15.8 Å². The van der Waals surface area contributed by atoms with Crippen LogP contribution in [-0.4, -0.2) is 5.88 Å². The Bertz CT molecular complexity index is 518. The van der Waals surface area contributed by atoms with Gasteiger partial charge in [0.15, 0.2) is 0 Å². The number of hydrogen-bond donors (Lipinski definition) is 0. The van der Waals surface area contributed by atoms with E-state index in [1.54, 1.807) is 0 Å². The molecule has 100 valence electrons. The van der Waals surface area contributed by atoms with E-state index in [0.29, 0.717) is 5.88 Å². The van der Waals surface area contributed by atoms with Gasteiger partial charge < -0.3 is 0 Å². The van der Waals surface area contributed by atoms with Crippen molar-refractivity contribution in [3.63, 3.8) is 0 Å². The van der Waals surface area contributed by atoms with Crippen LogP contribution < -0.4 is 0 Å². The molecule has 0 nitrogen and oxygen atoms in total. The minimum Gasteiger partial charge on any atom is -0.126 e. The molecule has 0 amide bonds. The summed E-state index contributed by atoms with van der Waals surface area (Å²) < 4.78 is 1.16. The first-order valence-electron chi connectivity index (χ1n) is 6.57. The van der Waals surface area contributed by atoms with Crippen LogP contribution in [0.4, 0.5) is 0 Å². The summed E-state index contributed by atoms with van der Waals surface area (Å²) in [6.45, 7) is 2.21. The van der Waals surface area contributed by atoms with Crippen molar-refractivity contribution in [2.45, 2.75) is 25.2 Å². The molecule has 0 aliphatic heterocycles. The standard InChI is InChI=1S/C17H18BrCl/c1-2-17(13-19,15-9-4-3-5-10-15)12-14-8-6-7-11-16(14)18/h3-11H,2,12-13H2,1H3. The summed E-state index contributed by atoms with van der Waals surface area (Å²) in [4.78, 5) is 0. The van der Waals surface area contributed by atoms with E-state index in [4.69, 9.17) is 11.6 Å². The fraction of sp³-hybridized carbons (Fsp3) is 0.294. The quantitative estimate of drug-likeness (QED) is 0.625. The van der Waals surface area contributed by atoms with Crippen molar-refractivity contribution in [1.29, 1.82) is 0 Å². The van der Waals surface area contributed by atoms with Crippen LogP contribution in [0.25, 0.3) is 0 Å². The smallest absolute Gasteiger partial charge is 0.0323 e. The Morgan fingerprint density at radius 2 is 1.63 bits per heavy atom. The molecule has 2 aromatic rings. The molecule has 1 unspecified atom stereocenters. The highest BCUT2D eigenvalue weighted by Gasteiger charge is 2.30.